The number of carboxylic acids is 1. The Morgan fingerprint density at radius 2 is 2.33 bits per heavy atom. The van der Waals surface area contributed by atoms with Crippen molar-refractivity contribution in [2.24, 2.45) is 0 Å². The number of nitrogens with zero attached hydrogens (tertiary/aromatic N) is 2. The Balaban J connectivity index is 2.58. The number of hydrogen-bond donors (Lipinski definition) is 1. The molecule has 0 amide bonds. The van der Waals surface area contributed by atoms with Crippen molar-refractivity contribution in [1.82, 2.24) is 9.78 Å². The molecule has 0 atom stereocenters. The van der Waals surface area contributed by atoms with Crippen LogP contribution in [0.2, 0.25) is 5.15 Å². The van der Waals surface area contributed by atoms with E-state index in [0.29, 0.717) is 5.15 Å². The van der Waals surface area contributed by atoms with Crippen molar-refractivity contribution in [3.8, 4) is 0 Å². The second kappa shape index (κ2) is 3.55. The van der Waals surface area contributed by atoms with Gasteiger partial charge in [-0.15, -0.1) is 0 Å². The van der Waals surface area contributed by atoms with Crippen molar-refractivity contribution in [2.45, 2.75) is 13.5 Å². The second-order valence-electron chi connectivity index (χ2n) is 3.36. The predicted molar refractivity (Wildman–Crippen MR) is 57.1 cm³/mol. The van der Waals surface area contributed by atoms with Gasteiger partial charge in [-0.2, -0.15) is 5.10 Å². The van der Waals surface area contributed by atoms with Gasteiger partial charge in [-0.05, 0) is 24.6 Å². The first-order valence-electron chi connectivity index (χ1n) is 4.42. The number of hydrogen-bond acceptors (Lipinski definition) is 2. The molecule has 0 radical (unpaired) electrons. The quantitative estimate of drug-likeness (QED) is 0.850. The first-order valence-corrected chi connectivity index (χ1v) is 4.80. The van der Waals surface area contributed by atoms with E-state index in [9.17, 15) is 4.79 Å². The number of aryl methyl sites for hydroxylation is 1. The van der Waals surface area contributed by atoms with Crippen LogP contribution in [0.15, 0.2) is 18.2 Å². The largest absolute Gasteiger partial charge is 0.480 e. The molecule has 0 saturated heterocycles. The molecule has 0 aliphatic heterocycles. The minimum Gasteiger partial charge on any atom is -0.480 e. The second-order valence-corrected chi connectivity index (χ2v) is 3.72. The van der Waals surface area contributed by atoms with Crippen molar-refractivity contribution in [1.29, 1.82) is 0 Å². The van der Waals surface area contributed by atoms with Crippen LogP contribution < -0.4 is 0 Å². The summed E-state index contributed by atoms with van der Waals surface area (Å²) in [5, 5.41) is 13.9. The van der Waals surface area contributed by atoms with Gasteiger partial charge in [0.2, 0.25) is 0 Å². The molecule has 78 valence electrons. The van der Waals surface area contributed by atoms with Crippen molar-refractivity contribution < 1.29 is 9.90 Å². The maximum atomic E-state index is 10.5. The number of benzene rings is 1. The first kappa shape index (κ1) is 9.98. The predicted octanol–water partition coefficient (Wildman–Crippen LogP) is 2.08. The summed E-state index contributed by atoms with van der Waals surface area (Å²) in [6, 6.07) is 5.64. The van der Waals surface area contributed by atoms with Crippen LogP contribution in [-0.4, -0.2) is 20.9 Å². The van der Waals surface area contributed by atoms with Crippen LogP contribution in [0.3, 0.4) is 0 Å². The number of carboxylic acid groups (broad SMARTS) is 1. The van der Waals surface area contributed by atoms with Crippen LogP contribution in [0.5, 0.6) is 0 Å². The zero-order valence-corrected chi connectivity index (χ0v) is 8.82. The SMILES string of the molecule is Cc1ccc2c(Cl)n(CC(=O)O)nc2c1. The van der Waals surface area contributed by atoms with E-state index < -0.39 is 5.97 Å². The molecule has 0 aliphatic rings. The highest BCUT2D eigenvalue weighted by Crippen LogP contribution is 2.23. The Morgan fingerprint density at radius 3 is 3.00 bits per heavy atom. The molecule has 1 heterocycles. The van der Waals surface area contributed by atoms with Crippen LogP contribution >= 0.6 is 11.6 Å². The Bertz CT molecular complexity index is 533. The van der Waals surface area contributed by atoms with Crippen LogP contribution in [0, 0.1) is 6.92 Å². The van der Waals surface area contributed by atoms with Gasteiger partial charge >= 0.3 is 5.97 Å². The highest BCUT2D eigenvalue weighted by molar-refractivity contribution is 6.34. The number of aromatic nitrogens is 2. The van der Waals surface area contributed by atoms with E-state index in [4.69, 9.17) is 16.7 Å². The molecule has 0 bridgehead atoms. The molecule has 0 saturated carbocycles. The minimum atomic E-state index is -0.957. The summed E-state index contributed by atoms with van der Waals surface area (Å²) in [7, 11) is 0. The minimum absolute atomic E-state index is 0.216. The van der Waals surface area contributed by atoms with Crippen LogP contribution in [0.25, 0.3) is 10.9 Å². The van der Waals surface area contributed by atoms with Gasteiger partial charge < -0.3 is 5.11 Å². The van der Waals surface area contributed by atoms with Gasteiger partial charge in [0.05, 0.1) is 5.52 Å². The molecule has 5 heteroatoms. The highest BCUT2D eigenvalue weighted by Gasteiger charge is 2.10. The van der Waals surface area contributed by atoms with E-state index in [1.54, 1.807) is 0 Å². The summed E-state index contributed by atoms with van der Waals surface area (Å²) in [4.78, 5) is 10.5. The Labute approximate surface area is 91.1 Å². The maximum Gasteiger partial charge on any atom is 0.325 e. The van der Waals surface area contributed by atoms with Crippen molar-refractivity contribution >= 4 is 28.5 Å². The van der Waals surface area contributed by atoms with Crippen LogP contribution in [-0.2, 0) is 11.3 Å². The maximum absolute atomic E-state index is 10.5. The molecular weight excluding hydrogens is 216 g/mol. The molecule has 1 aromatic carbocycles. The molecule has 0 unspecified atom stereocenters. The Morgan fingerprint density at radius 1 is 1.60 bits per heavy atom. The smallest absolute Gasteiger partial charge is 0.325 e. The monoisotopic (exact) mass is 224 g/mol. The summed E-state index contributed by atoms with van der Waals surface area (Å²) in [5.74, 6) is -0.957. The summed E-state index contributed by atoms with van der Waals surface area (Å²) in [6.07, 6.45) is 0. The number of halogens is 1. The average Bonchev–Trinajstić information content (AvgIpc) is 2.42. The van der Waals surface area contributed by atoms with Gasteiger partial charge in [0.1, 0.15) is 11.7 Å². The molecular formula is C10H9ClN2O2. The summed E-state index contributed by atoms with van der Waals surface area (Å²) in [6.45, 7) is 1.73. The summed E-state index contributed by atoms with van der Waals surface area (Å²) in [5.41, 5.74) is 1.79. The lowest BCUT2D eigenvalue weighted by Gasteiger charge is -1.96. The summed E-state index contributed by atoms with van der Waals surface area (Å²) >= 11 is 5.99. The zero-order chi connectivity index (χ0) is 11.0. The standard InChI is InChI=1S/C10H9ClN2O2/c1-6-2-3-7-8(4-6)12-13(10(7)11)5-9(14)15/h2-4H,5H2,1H3,(H,14,15). The third kappa shape index (κ3) is 1.80. The molecule has 0 fully saturated rings. The average molecular weight is 225 g/mol. The highest BCUT2D eigenvalue weighted by atomic mass is 35.5. The normalized spacial score (nSPS) is 10.8. The third-order valence-electron chi connectivity index (χ3n) is 2.12. The molecule has 2 rings (SSSR count). The van der Waals surface area contributed by atoms with Crippen LogP contribution in [0.4, 0.5) is 0 Å². The van der Waals surface area contributed by atoms with Crippen molar-refractivity contribution in [3.63, 3.8) is 0 Å². The fourth-order valence-corrected chi connectivity index (χ4v) is 1.70. The lowest BCUT2D eigenvalue weighted by atomic mass is 10.2. The number of fused-ring (bicyclic) bond motifs is 1. The molecule has 15 heavy (non-hydrogen) atoms. The Hall–Kier alpha value is -1.55. The topological polar surface area (TPSA) is 55.1 Å². The van der Waals surface area contributed by atoms with Gasteiger partial charge in [0.25, 0.3) is 0 Å². The number of carbonyl (C=O) groups is 1. The fourth-order valence-electron chi connectivity index (χ4n) is 1.44. The van der Waals surface area contributed by atoms with E-state index >= 15 is 0 Å². The molecule has 4 nitrogen and oxygen atoms in total. The molecule has 1 aromatic heterocycles. The van der Waals surface area contributed by atoms with E-state index in [1.807, 2.05) is 25.1 Å². The van der Waals surface area contributed by atoms with E-state index in [0.717, 1.165) is 16.5 Å². The lowest BCUT2D eigenvalue weighted by molar-refractivity contribution is -0.137. The lowest BCUT2D eigenvalue weighted by Crippen LogP contribution is -2.09. The summed E-state index contributed by atoms with van der Waals surface area (Å²) < 4.78 is 1.29. The van der Waals surface area contributed by atoms with Gasteiger partial charge in [0.15, 0.2) is 0 Å². The third-order valence-corrected chi connectivity index (χ3v) is 2.51. The first-order chi connectivity index (χ1) is 7.08. The number of aliphatic carboxylic acids is 1. The molecule has 1 N–H and O–H groups in total. The molecule has 0 spiro atoms. The van der Waals surface area contributed by atoms with Crippen LogP contribution in [0.1, 0.15) is 5.56 Å². The van der Waals surface area contributed by atoms with Gasteiger partial charge in [-0.3, -0.25) is 4.79 Å². The Kier molecular flexibility index (Phi) is 2.36. The molecule has 2 aromatic rings. The van der Waals surface area contributed by atoms with Crippen molar-refractivity contribution in [3.05, 3.63) is 28.9 Å². The van der Waals surface area contributed by atoms with E-state index in [1.165, 1.54) is 4.68 Å². The van der Waals surface area contributed by atoms with Gasteiger partial charge in [0, 0.05) is 5.39 Å². The van der Waals surface area contributed by atoms with Gasteiger partial charge in [-0.1, -0.05) is 17.7 Å². The zero-order valence-electron chi connectivity index (χ0n) is 8.07. The number of rotatable bonds is 2. The molecule has 0 aliphatic carbocycles. The van der Waals surface area contributed by atoms with Crippen molar-refractivity contribution in [2.75, 3.05) is 0 Å². The van der Waals surface area contributed by atoms with Gasteiger partial charge in [-0.25, -0.2) is 4.68 Å². The fraction of sp³-hybridized carbons (Fsp3) is 0.200. The van der Waals surface area contributed by atoms with E-state index in [-0.39, 0.29) is 6.54 Å². The van der Waals surface area contributed by atoms with E-state index in [2.05, 4.69) is 5.10 Å².